The number of ether oxygens (including phenoxy) is 1. The number of imide groups is 1. The minimum absolute atomic E-state index is 0.104. The smallest absolute Gasteiger partial charge is 0.411 e. The standard InChI is InChI=1S/C18H18N2O4/c1-2-24-18(23)19-12-5-7-13(8-6-12)20-16(21)14-10-3-4-11(9-10)15(14)17(20)22/h3-8,10-11,14-15H,2,9H2,1H3,(H,19,23). The largest absolute Gasteiger partial charge is 0.450 e. The van der Waals surface area contributed by atoms with E-state index < -0.39 is 6.09 Å². The Balaban J connectivity index is 1.53. The van der Waals surface area contributed by atoms with Gasteiger partial charge in [-0.2, -0.15) is 0 Å². The molecule has 1 N–H and O–H groups in total. The molecule has 6 heteroatoms. The van der Waals surface area contributed by atoms with Gasteiger partial charge in [0.25, 0.3) is 0 Å². The molecule has 1 aliphatic heterocycles. The molecule has 1 saturated heterocycles. The quantitative estimate of drug-likeness (QED) is 0.684. The van der Waals surface area contributed by atoms with E-state index in [9.17, 15) is 14.4 Å². The first-order valence-corrected chi connectivity index (χ1v) is 8.20. The number of carbonyl (C=O) groups excluding carboxylic acids is 3. The molecule has 2 fully saturated rings. The fraction of sp³-hybridized carbons (Fsp3) is 0.389. The number of rotatable bonds is 3. The van der Waals surface area contributed by atoms with E-state index in [1.807, 2.05) is 0 Å². The van der Waals surface area contributed by atoms with Gasteiger partial charge in [-0.15, -0.1) is 0 Å². The zero-order chi connectivity index (χ0) is 16.8. The molecule has 124 valence electrons. The van der Waals surface area contributed by atoms with Gasteiger partial charge in [-0.1, -0.05) is 12.2 Å². The van der Waals surface area contributed by atoms with E-state index in [0.717, 1.165) is 6.42 Å². The summed E-state index contributed by atoms with van der Waals surface area (Å²) >= 11 is 0. The van der Waals surface area contributed by atoms with Crippen molar-refractivity contribution in [3.8, 4) is 0 Å². The fourth-order valence-electron chi connectivity index (χ4n) is 4.14. The zero-order valence-corrected chi connectivity index (χ0v) is 13.3. The van der Waals surface area contributed by atoms with Crippen LogP contribution in [0.5, 0.6) is 0 Å². The molecule has 0 radical (unpaired) electrons. The lowest BCUT2D eigenvalue weighted by Gasteiger charge is -2.17. The van der Waals surface area contributed by atoms with Crippen molar-refractivity contribution in [1.29, 1.82) is 0 Å². The number of benzene rings is 1. The molecule has 1 heterocycles. The molecule has 0 aromatic heterocycles. The number of carbonyl (C=O) groups is 3. The lowest BCUT2D eigenvalue weighted by molar-refractivity contribution is -0.123. The van der Waals surface area contributed by atoms with Crippen molar-refractivity contribution >= 4 is 29.3 Å². The number of hydrogen-bond acceptors (Lipinski definition) is 4. The number of amides is 3. The lowest BCUT2D eigenvalue weighted by atomic mass is 9.85. The van der Waals surface area contributed by atoms with Crippen LogP contribution in [-0.2, 0) is 14.3 Å². The van der Waals surface area contributed by atoms with E-state index >= 15 is 0 Å². The Morgan fingerprint density at radius 3 is 2.25 bits per heavy atom. The average Bonchev–Trinajstić information content (AvgIpc) is 3.23. The van der Waals surface area contributed by atoms with E-state index in [0.29, 0.717) is 18.0 Å². The Morgan fingerprint density at radius 1 is 1.12 bits per heavy atom. The molecular weight excluding hydrogens is 308 g/mol. The van der Waals surface area contributed by atoms with Gasteiger partial charge in [-0.3, -0.25) is 19.8 Å². The van der Waals surface area contributed by atoms with Gasteiger partial charge < -0.3 is 4.74 Å². The van der Waals surface area contributed by atoms with Crippen LogP contribution in [0.15, 0.2) is 36.4 Å². The monoisotopic (exact) mass is 326 g/mol. The first kappa shape index (κ1) is 14.9. The molecule has 2 bridgehead atoms. The summed E-state index contributed by atoms with van der Waals surface area (Å²) in [5.41, 5.74) is 1.10. The van der Waals surface area contributed by atoms with Crippen LogP contribution in [0.25, 0.3) is 0 Å². The maximum absolute atomic E-state index is 12.7. The Labute approximate surface area is 139 Å². The Hall–Kier alpha value is -2.63. The van der Waals surface area contributed by atoms with Crippen molar-refractivity contribution in [2.45, 2.75) is 13.3 Å². The van der Waals surface area contributed by atoms with Gasteiger partial charge in [0.2, 0.25) is 11.8 Å². The second kappa shape index (κ2) is 5.47. The van der Waals surface area contributed by atoms with Crippen LogP contribution in [0.3, 0.4) is 0 Å². The number of anilines is 2. The second-order valence-corrected chi connectivity index (χ2v) is 6.40. The van der Waals surface area contributed by atoms with Crippen molar-refractivity contribution in [3.63, 3.8) is 0 Å². The van der Waals surface area contributed by atoms with Crippen LogP contribution in [-0.4, -0.2) is 24.5 Å². The van der Waals surface area contributed by atoms with Crippen molar-refractivity contribution < 1.29 is 19.1 Å². The van der Waals surface area contributed by atoms with E-state index in [4.69, 9.17) is 4.74 Å². The number of nitrogens with zero attached hydrogens (tertiary/aromatic N) is 1. The highest BCUT2D eigenvalue weighted by Crippen LogP contribution is 2.53. The molecule has 24 heavy (non-hydrogen) atoms. The third kappa shape index (κ3) is 2.13. The molecule has 4 unspecified atom stereocenters. The van der Waals surface area contributed by atoms with Crippen molar-refractivity contribution in [1.82, 2.24) is 0 Å². The number of allylic oxidation sites excluding steroid dienone is 2. The van der Waals surface area contributed by atoms with E-state index in [1.54, 1.807) is 31.2 Å². The summed E-state index contributed by atoms with van der Waals surface area (Å²) in [6.07, 6.45) is 4.54. The molecule has 3 aliphatic rings. The van der Waals surface area contributed by atoms with Crippen molar-refractivity contribution in [2.75, 3.05) is 16.8 Å². The summed E-state index contributed by atoms with van der Waals surface area (Å²) in [5, 5.41) is 2.59. The van der Waals surface area contributed by atoms with Gasteiger partial charge >= 0.3 is 6.09 Å². The minimum atomic E-state index is -0.532. The highest BCUT2D eigenvalue weighted by molar-refractivity contribution is 6.22. The van der Waals surface area contributed by atoms with Gasteiger partial charge in [0.1, 0.15) is 0 Å². The third-order valence-electron chi connectivity index (χ3n) is 5.12. The molecule has 0 spiro atoms. The molecule has 3 amide bonds. The van der Waals surface area contributed by atoms with Gasteiger partial charge in [0.15, 0.2) is 0 Å². The van der Waals surface area contributed by atoms with Crippen LogP contribution < -0.4 is 10.2 Å². The summed E-state index contributed by atoms with van der Waals surface area (Å²) in [4.78, 5) is 38.1. The van der Waals surface area contributed by atoms with Gasteiger partial charge in [0.05, 0.1) is 24.1 Å². The van der Waals surface area contributed by atoms with Crippen LogP contribution in [0.4, 0.5) is 16.2 Å². The maximum Gasteiger partial charge on any atom is 0.411 e. The average molecular weight is 326 g/mol. The first-order valence-electron chi connectivity index (χ1n) is 8.20. The van der Waals surface area contributed by atoms with Crippen LogP contribution in [0.1, 0.15) is 13.3 Å². The number of fused-ring (bicyclic) bond motifs is 5. The predicted molar refractivity (Wildman–Crippen MR) is 87.3 cm³/mol. The van der Waals surface area contributed by atoms with Crippen molar-refractivity contribution in [3.05, 3.63) is 36.4 Å². The molecule has 2 aliphatic carbocycles. The highest BCUT2D eigenvalue weighted by Gasteiger charge is 2.59. The molecule has 1 saturated carbocycles. The summed E-state index contributed by atoms with van der Waals surface area (Å²) < 4.78 is 4.82. The second-order valence-electron chi connectivity index (χ2n) is 6.40. The number of nitrogens with one attached hydrogen (secondary N) is 1. The minimum Gasteiger partial charge on any atom is -0.450 e. The predicted octanol–water partition coefficient (Wildman–Crippen LogP) is 2.57. The Kier molecular flexibility index (Phi) is 3.40. The van der Waals surface area contributed by atoms with Crippen molar-refractivity contribution in [2.24, 2.45) is 23.7 Å². The van der Waals surface area contributed by atoms with Crippen LogP contribution >= 0.6 is 0 Å². The van der Waals surface area contributed by atoms with E-state index in [-0.39, 0.29) is 35.5 Å². The molecule has 1 aromatic carbocycles. The molecular formula is C18H18N2O4. The van der Waals surface area contributed by atoms with Crippen LogP contribution in [0.2, 0.25) is 0 Å². The molecule has 1 aromatic rings. The molecule has 4 atom stereocenters. The fourth-order valence-corrected chi connectivity index (χ4v) is 4.14. The summed E-state index contributed by atoms with van der Waals surface area (Å²) in [6.45, 7) is 2.02. The van der Waals surface area contributed by atoms with Crippen LogP contribution in [0, 0.1) is 23.7 Å². The Bertz CT molecular complexity index is 710. The SMILES string of the molecule is CCOC(=O)Nc1ccc(N2C(=O)C3C4C=CC(C4)C3C2=O)cc1. The summed E-state index contributed by atoms with van der Waals surface area (Å²) in [6, 6.07) is 6.67. The molecule has 6 nitrogen and oxygen atoms in total. The summed E-state index contributed by atoms with van der Waals surface area (Å²) in [5.74, 6) is -0.215. The first-order chi connectivity index (χ1) is 11.6. The van der Waals surface area contributed by atoms with Gasteiger partial charge in [-0.05, 0) is 49.4 Å². The normalized spacial score (nSPS) is 30.0. The topological polar surface area (TPSA) is 75.7 Å². The molecule has 4 rings (SSSR count). The summed E-state index contributed by atoms with van der Waals surface area (Å²) in [7, 11) is 0. The van der Waals surface area contributed by atoms with Gasteiger partial charge in [-0.25, -0.2) is 4.79 Å². The van der Waals surface area contributed by atoms with Gasteiger partial charge in [0, 0.05) is 5.69 Å². The maximum atomic E-state index is 12.7. The van der Waals surface area contributed by atoms with E-state index in [1.165, 1.54) is 4.90 Å². The highest BCUT2D eigenvalue weighted by atomic mass is 16.5. The lowest BCUT2D eigenvalue weighted by Crippen LogP contribution is -2.32. The Morgan fingerprint density at radius 2 is 1.71 bits per heavy atom. The van der Waals surface area contributed by atoms with E-state index in [2.05, 4.69) is 17.5 Å². The zero-order valence-electron chi connectivity index (χ0n) is 13.3. The third-order valence-corrected chi connectivity index (χ3v) is 5.12. The number of hydrogen-bond donors (Lipinski definition) is 1.